The number of aryl methyl sites for hydroxylation is 1. The summed E-state index contributed by atoms with van der Waals surface area (Å²) in [4.78, 5) is 4.36. The van der Waals surface area contributed by atoms with E-state index in [0.717, 1.165) is 11.4 Å². The first-order valence-corrected chi connectivity index (χ1v) is 5.69. The van der Waals surface area contributed by atoms with Gasteiger partial charge >= 0.3 is 0 Å². The SMILES string of the molecule is Cn1ccnc1C(NCCO)c1ccccc1. The van der Waals surface area contributed by atoms with Crippen molar-refractivity contribution in [2.45, 2.75) is 6.04 Å². The van der Waals surface area contributed by atoms with Crippen molar-refractivity contribution in [2.24, 2.45) is 7.05 Å². The number of aromatic nitrogens is 2. The lowest BCUT2D eigenvalue weighted by Crippen LogP contribution is -2.27. The molecule has 0 saturated heterocycles. The summed E-state index contributed by atoms with van der Waals surface area (Å²) in [6.45, 7) is 0.667. The molecule has 2 aromatic rings. The number of hydrogen-bond donors (Lipinski definition) is 2. The first kappa shape index (κ1) is 11.8. The van der Waals surface area contributed by atoms with E-state index in [2.05, 4.69) is 22.4 Å². The molecule has 0 aliphatic heterocycles. The lowest BCUT2D eigenvalue weighted by atomic mass is 10.1. The van der Waals surface area contributed by atoms with Crippen molar-refractivity contribution in [3.05, 3.63) is 54.1 Å². The second kappa shape index (κ2) is 5.61. The van der Waals surface area contributed by atoms with Crippen molar-refractivity contribution < 1.29 is 5.11 Å². The van der Waals surface area contributed by atoms with Crippen LogP contribution >= 0.6 is 0 Å². The second-order valence-electron chi connectivity index (χ2n) is 3.92. The molecule has 4 nitrogen and oxygen atoms in total. The summed E-state index contributed by atoms with van der Waals surface area (Å²) in [6.07, 6.45) is 3.71. The third-order valence-corrected chi connectivity index (χ3v) is 2.71. The average molecular weight is 231 g/mol. The Morgan fingerprint density at radius 1 is 1.35 bits per heavy atom. The minimum Gasteiger partial charge on any atom is -0.395 e. The van der Waals surface area contributed by atoms with Crippen LogP contribution in [0.2, 0.25) is 0 Å². The van der Waals surface area contributed by atoms with Gasteiger partial charge in [-0.05, 0) is 5.56 Å². The van der Waals surface area contributed by atoms with E-state index < -0.39 is 0 Å². The molecule has 1 atom stereocenters. The maximum absolute atomic E-state index is 8.94. The van der Waals surface area contributed by atoms with Crippen LogP contribution in [0.15, 0.2) is 42.7 Å². The van der Waals surface area contributed by atoms with Gasteiger partial charge < -0.3 is 15.0 Å². The smallest absolute Gasteiger partial charge is 0.130 e. The molecule has 0 aliphatic rings. The molecular weight excluding hydrogens is 214 g/mol. The molecule has 1 aromatic heterocycles. The molecule has 0 amide bonds. The van der Waals surface area contributed by atoms with Gasteiger partial charge in [0.15, 0.2) is 0 Å². The Morgan fingerprint density at radius 2 is 2.12 bits per heavy atom. The Kier molecular flexibility index (Phi) is 3.90. The van der Waals surface area contributed by atoms with Crippen LogP contribution in [0.4, 0.5) is 0 Å². The number of imidazole rings is 1. The summed E-state index contributed by atoms with van der Waals surface area (Å²) in [6, 6.07) is 10.1. The van der Waals surface area contributed by atoms with Crippen LogP contribution in [-0.2, 0) is 7.05 Å². The molecule has 2 N–H and O–H groups in total. The molecule has 90 valence electrons. The highest BCUT2D eigenvalue weighted by atomic mass is 16.3. The van der Waals surface area contributed by atoms with Crippen LogP contribution < -0.4 is 5.32 Å². The molecule has 0 fully saturated rings. The van der Waals surface area contributed by atoms with E-state index in [-0.39, 0.29) is 12.6 Å². The predicted molar refractivity (Wildman–Crippen MR) is 66.6 cm³/mol. The fraction of sp³-hybridized carbons (Fsp3) is 0.308. The number of nitrogens with one attached hydrogen (secondary N) is 1. The second-order valence-corrected chi connectivity index (χ2v) is 3.92. The standard InChI is InChI=1S/C13H17N3O/c1-16-9-7-15-13(16)12(14-8-10-17)11-5-3-2-4-6-11/h2-7,9,12,14,17H,8,10H2,1H3. The summed E-state index contributed by atoms with van der Waals surface area (Å²) in [5.41, 5.74) is 1.15. The Bertz CT molecular complexity index is 453. The monoisotopic (exact) mass is 231 g/mol. The minimum atomic E-state index is 0.0170. The largest absolute Gasteiger partial charge is 0.395 e. The van der Waals surface area contributed by atoms with E-state index in [0.29, 0.717) is 6.54 Å². The molecule has 0 bridgehead atoms. The van der Waals surface area contributed by atoms with Gasteiger partial charge in [-0.25, -0.2) is 4.98 Å². The normalized spacial score (nSPS) is 12.6. The van der Waals surface area contributed by atoms with Gasteiger partial charge in [-0.3, -0.25) is 0 Å². The van der Waals surface area contributed by atoms with Crippen LogP contribution in [0.5, 0.6) is 0 Å². The maximum atomic E-state index is 8.94. The molecule has 1 aromatic carbocycles. The summed E-state index contributed by atoms with van der Waals surface area (Å²) in [5, 5.41) is 12.2. The highest BCUT2D eigenvalue weighted by Crippen LogP contribution is 2.19. The van der Waals surface area contributed by atoms with Crippen LogP contribution in [0.3, 0.4) is 0 Å². The maximum Gasteiger partial charge on any atom is 0.130 e. The van der Waals surface area contributed by atoms with Crippen LogP contribution in [0, 0.1) is 0 Å². The lowest BCUT2D eigenvalue weighted by molar-refractivity contribution is 0.287. The quantitative estimate of drug-likeness (QED) is 0.810. The molecule has 1 heterocycles. The van der Waals surface area contributed by atoms with Gasteiger partial charge in [-0.2, -0.15) is 0 Å². The lowest BCUT2D eigenvalue weighted by Gasteiger charge is -2.18. The summed E-state index contributed by atoms with van der Waals surface area (Å²) >= 11 is 0. The van der Waals surface area contributed by atoms with Gasteiger partial charge in [0.05, 0.1) is 12.6 Å². The van der Waals surface area contributed by atoms with Crippen molar-refractivity contribution in [1.29, 1.82) is 0 Å². The van der Waals surface area contributed by atoms with E-state index in [1.165, 1.54) is 0 Å². The Hall–Kier alpha value is -1.65. The predicted octanol–water partition coefficient (Wildman–Crippen LogP) is 1.09. The van der Waals surface area contributed by atoms with Crippen LogP contribution in [0.25, 0.3) is 0 Å². The topological polar surface area (TPSA) is 50.1 Å². The van der Waals surface area contributed by atoms with Crippen molar-refractivity contribution in [3.8, 4) is 0 Å². The molecule has 17 heavy (non-hydrogen) atoms. The van der Waals surface area contributed by atoms with Gasteiger partial charge in [0.25, 0.3) is 0 Å². The van der Waals surface area contributed by atoms with Crippen molar-refractivity contribution in [3.63, 3.8) is 0 Å². The zero-order valence-corrected chi connectivity index (χ0v) is 9.87. The first-order chi connectivity index (χ1) is 8.33. The molecule has 0 saturated carbocycles. The van der Waals surface area contributed by atoms with Crippen LogP contribution in [-0.4, -0.2) is 27.8 Å². The first-order valence-electron chi connectivity index (χ1n) is 5.69. The number of aliphatic hydroxyl groups excluding tert-OH is 1. The van der Waals surface area contributed by atoms with E-state index in [4.69, 9.17) is 5.11 Å². The number of rotatable bonds is 5. The van der Waals surface area contributed by atoms with E-state index >= 15 is 0 Å². The van der Waals surface area contributed by atoms with Crippen LogP contribution in [0.1, 0.15) is 17.4 Å². The zero-order chi connectivity index (χ0) is 12.1. The molecule has 0 spiro atoms. The summed E-state index contributed by atoms with van der Waals surface area (Å²) in [7, 11) is 1.97. The van der Waals surface area contributed by atoms with Gasteiger partial charge in [-0.15, -0.1) is 0 Å². The van der Waals surface area contributed by atoms with E-state index in [1.807, 2.05) is 36.0 Å². The molecule has 0 radical (unpaired) electrons. The number of hydrogen-bond acceptors (Lipinski definition) is 3. The average Bonchev–Trinajstić information content (AvgIpc) is 2.78. The summed E-state index contributed by atoms with van der Waals surface area (Å²) in [5.74, 6) is 0.949. The Balaban J connectivity index is 2.29. The van der Waals surface area contributed by atoms with Gasteiger partial charge in [-0.1, -0.05) is 30.3 Å². The van der Waals surface area contributed by atoms with Crippen molar-refractivity contribution >= 4 is 0 Å². The molecule has 2 rings (SSSR count). The molecular formula is C13H17N3O. The van der Waals surface area contributed by atoms with Crippen molar-refractivity contribution in [2.75, 3.05) is 13.2 Å². The fourth-order valence-corrected chi connectivity index (χ4v) is 1.87. The molecule has 4 heteroatoms. The Morgan fingerprint density at radius 3 is 2.71 bits per heavy atom. The highest BCUT2D eigenvalue weighted by Gasteiger charge is 2.16. The van der Waals surface area contributed by atoms with E-state index in [1.54, 1.807) is 6.20 Å². The molecule has 1 unspecified atom stereocenters. The fourth-order valence-electron chi connectivity index (χ4n) is 1.87. The minimum absolute atomic E-state index is 0.0170. The number of nitrogens with zero attached hydrogens (tertiary/aromatic N) is 2. The zero-order valence-electron chi connectivity index (χ0n) is 9.87. The highest BCUT2D eigenvalue weighted by molar-refractivity contribution is 5.25. The number of benzene rings is 1. The van der Waals surface area contributed by atoms with Gasteiger partial charge in [0, 0.05) is 26.0 Å². The molecule has 0 aliphatic carbocycles. The van der Waals surface area contributed by atoms with Gasteiger partial charge in [0.2, 0.25) is 0 Å². The number of aliphatic hydroxyl groups is 1. The van der Waals surface area contributed by atoms with E-state index in [9.17, 15) is 0 Å². The third-order valence-electron chi connectivity index (χ3n) is 2.71. The Labute approximate surface area is 101 Å². The summed E-state index contributed by atoms with van der Waals surface area (Å²) < 4.78 is 1.99. The van der Waals surface area contributed by atoms with Gasteiger partial charge in [0.1, 0.15) is 5.82 Å². The van der Waals surface area contributed by atoms with Crippen molar-refractivity contribution in [1.82, 2.24) is 14.9 Å². The third kappa shape index (κ3) is 2.72.